The zero-order valence-corrected chi connectivity index (χ0v) is 15.3. The van der Waals surface area contributed by atoms with Crippen molar-refractivity contribution in [3.05, 3.63) is 29.8 Å². The first-order valence-electron chi connectivity index (χ1n) is 8.81. The molecule has 2 fully saturated rings. The molecule has 0 spiro atoms. The van der Waals surface area contributed by atoms with Crippen molar-refractivity contribution in [1.82, 2.24) is 9.21 Å². The number of benzene rings is 1. The molecule has 1 saturated carbocycles. The van der Waals surface area contributed by atoms with E-state index in [9.17, 15) is 13.2 Å². The fourth-order valence-electron chi connectivity index (χ4n) is 3.21. The summed E-state index contributed by atoms with van der Waals surface area (Å²) in [7, 11) is -3.49. The van der Waals surface area contributed by atoms with E-state index in [0.29, 0.717) is 37.2 Å². The van der Waals surface area contributed by atoms with Gasteiger partial charge >= 0.3 is 0 Å². The van der Waals surface area contributed by atoms with Gasteiger partial charge in [-0.15, -0.1) is 0 Å². The van der Waals surface area contributed by atoms with Gasteiger partial charge in [-0.2, -0.15) is 4.31 Å². The molecule has 0 unspecified atom stereocenters. The van der Waals surface area contributed by atoms with E-state index in [2.05, 4.69) is 13.8 Å². The topological polar surface area (TPSA) is 57.7 Å². The Morgan fingerprint density at radius 1 is 1.25 bits per heavy atom. The molecular formula is C18H26N2O3S. The highest BCUT2D eigenvalue weighted by molar-refractivity contribution is 7.89. The van der Waals surface area contributed by atoms with Crippen molar-refractivity contribution in [3.63, 3.8) is 0 Å². The molecule has 1 aromatic carbocycles. The predicted molar refractivity (Wildman–Crippen MR) is 93.3 cm³/mol. The van der Waals surface area contributed by atoms with E-state index in [1.165, 1.54) is 4.31 Å². The molecule has 0 aromatic heterocycles. The second-order valence-electron chi connectivity index (χ2n) is 7.22. The average Bonchev–Trinajstić information content (AvgIpc) is 3.24. The summed E-state index contributed by atoms with van der Waals surface area (Å²) in [5.41, 5.74) is 0.475. The Kier molecular flexibility index (Phi) is 4.97. The third-order valence-corrected chi connectivity index (χ3v) is 6.49. The average molecular weight is 350 g/mol. The van der Waals surface area contributed by atoms with Crippen LogP contribution in [0.2, 0.25) is 0 Å². The molecule has 6 heteroatoms. The maximum absolute atomic E-state index is 12.9. The number of carbonyl (C=O) groups excluding carboxylic acids is 1. The number of nitrogens with zero attached hydrogens (tertiary/aromatic N) is 2. The lowest BCUT2D eigenvalue weighted by Gasteiger charge is -2.25. The summed E-state index contributed by atoms with van der Waals surface area (Å²) < 4.78 is 26.9. The Morgan fingerprint density at radius 2 is 1.92 bits per heavy atom. The highest BCUT2D eigenvalue weighted by Crippen LogP contribution is 2.30. The van der Waals surface area contributed by atoms with Gasteiger partial charge in [-0.25, -0.2) is 8.42 Å². The van der Waals surface area contributed by atoms with E-state index in [0.717, 1.165) is 25.7 Å². The Bertz CT molecular complexity index is 705. The van der Waals surface area contributed by atoms with Crippen LogP contribution < -0.4 is 0 Å². The Hall–Kier alpha value is -1.40. The Labute approximate surface area is 144 Å². The van der Waals surface area contributed by atoms with Crippen LogP contribution in [0.3, 0.4) is 0 Å². The molecule has 0 bridgehead atoms. The van der Waals surface area contributed by atoms with Gasteiger partial charge in [0.15, 0.2) is 0 Å². The van der Waals surface area contributed by atoms with Gasteiger partial charge in [-0.05, 0) is 49.8 Å². The number of sulfonamides is 1. The largest absolute Gasteiger partial charge is 0.335 e. The molecule has 1 amide bonds. The number of hydrogen-bond donors (Lipinski definition) is 0. The maximum Gasteiger partial charge on any atom is 0.254 e. The summed E-state index contributed by atoms with van der Waals surface area (Å²) in [6.07, 6.45) is 3.90. The molecule has 0 atom stereocenters. The van der Waals surface area contributed by atoms with E-state index in [1.807, 2.05) is 4.90 Å². The highest BCUT2D eigenvalue weighted by atomic mass is 32.2. The third-order valence-electron chi connectivity index (χ3n) is 4.59. The van der Waals surface area contributed by atoms with Crippen LogP contribution in [0.25, 0.3) is 0 Å². The lowest BCUT2D eigenvalue weighted by molar-refractivity contribution is 0.0722. The van der Waals surface area contributed by atoms with Crippen LogP contribution in [-0.4, -0.2) is 49.2 Å². The normalized spacial score (nSPS) is 19.0. The Morgan fingerprint density at radius 3 is 2.50 bits per heavy atom. The minimum absolute atomic E-state index is 0.0512. The first kappa shape index (κ1) is 17.4. The zero-order valence-electron chi connectivity index (χ0n) is 14.4. The summed E-state index contributed by atoms with van der Waals surface area (Å²) in [5.74, 6) is 0.343. The minimum Gasteiger partial charge on any atom is -0.335 e. The van der Waals surface area contributed by atoms with Crippen molar-refractivity contribution >= 4 is 15.9 Å². The van der Waals surface area contributed by atoms with Crippen molar-refractivity contribution < 1.29 is 13.2 Å². The van der Waals surface area contributed by atoms with Crippen LogP contribution in [0.1, 0.15) is 49.9 Å². The predicted octanol–water partition coefficient (Wildman–Crippen LogP) is 2.73. The molecule has 2 aliphatic rings. The quantitative estimate of drug-likeness (QED) is 0.793. The SMILES string of the molecule is CC(C)CN(C(=O)c1cccc(S(=O)(=O)N2CCCC2)c1)C1CC1. The van der Waals surface area contributed by atoms with Gasteiger partial charge in [0, 0.05) is 31.2 Å². The molecule has 1 aliphatic carbocycles. The molecule has 0 N–H and O–H groups in total. The van der Waals surface area contributed by atoms with Gasteiger partial charge in [0.25, 0.3) is 5.91 Å². The van der Waals surface area contributed by atoms with E-state index >= 15 is 0 Å². The van der Waals surface area contributed by atoms with Crippen LogP contribution in [0.4, 0.5) is 0 Å². The summed E-state index contributed by atoms with van der Waals surface area (Å²) in [5, 5.41) is 0. The van der Waals surface area contributed by atoms with E-state index in [-0.39, 0.29) is 10.8 Å². The molecule has 0 radical (unpaired) electrons. The zero-order chi connectivity index (χ0) is 17.3. The molecule has 1 aromatic rings. The van der Waals surface area contributed by atoms with Crippen LogP contribution in [-0.2, 0) is 10.0 Å². The van der Waals surface area contributed by atoms with Crippen molar-refractivity contribution in [3.8, 4) is 0 Å². The molecular weight excluding hydrogens is 324 g/mol. The second-order valence-corrected chi connectivity index (χ2v) is 9.16. The van der Waals surface area contributed by atoms with Gasteiger partial charge in [0.2, 0.25) is 10.0 Å². The fraction of sp³-hybridized carbons (Fsp3) is 0.611. The number of amides is 1. The highest BCUT2D eigenvalue weighted by Gasteiger charge is 2.34. The van der Waals surface area contributed by atoms with Gasteiger partial charge in [0.05, 0.1) is 4.90 Å². The molecule has 132 valence electrons. The third kappa shape index (κ3) is 3.64. The minimum atomic E-state index is -3.49. The van der Waals surface area contributed by atoms with Crippen LogP contribution in [0.5, 0.6) is 0 Å². The summed E-state index contributed by atoms with van der Waals surface area (Å²) >= 11 is 0. The van der Waals surface area contributed by atoms with Crippen molar-refractivity contribution in [2.75, 3.05) is 19.6 Å². The first-order chi connectivity index (χ1) is 11.4. The molecule has 1 aliphatic heterocycles. The summed E-state index contributed by atoms with van der Waals surface area (Å²) in [6, 6.07) is 6.86. The Balaban J connectivity index is 1.85. The number of rotatable bonds is 6. The smallest absolute Gasteiger partial charge is 0.254 e. The lowest BCUT2D eigenvalue weighted by Crippen LogP contribution is -2.36. The molecule has 1 saturated heterocycles. The molecule has 1 heterocycles. The maximum atomic E-state index is 12.9. The standard InChI is InChI=1S/C18H26N2O3S/c1-14(2)13-20(16-8-9-16)18(21)15-6-5-7-17(12-15)24(22,23)19-10-3-4-11-19/h5-7,12,14,16H,3-4,8-11,13H2,1-2H3. The van der Waals surface area contributed by atoms with Gasteiger partial charge in [-0.3, -0.25) is 4.79 Å². The first-order valence-corrected chi connectivity index (χ1v) is 10.2. The molecule has 5 nitrogen and oxygen atoms in total. The van der Waals surface area contributed by atoms with E-state index in [4.69, 9.17) is 0 Å². The second kappa shape index (κ2) is 6.84. The lowest BCUT2D eigenvalue weighted by atomic mass is 10.1. The van der Waals surface area contributed by atoms with Gasteiger partial charge < -0.3 is 4.90 Å². The van der Waals surface area contributed by atoms with Gasteiger partial charge in [0.1, 0.15) is 0 Å². The van der Waals surface area contributed by atoms with E-state index in [1.54, 1.807) is 24.3 Å². The summed E-state index contributed by atoms with van der Waals surface area (Å²) in [4.78, 5) is 15.0. The van der Waals surface area contributed by atoms with Gasteiger partial charge in [-0.1, -0.05) is 19.9 Å². The van der Waals surface area contributed by atoms with E-state index < -0.39 is 10.0 Å². The fourth-order valence-corrected chi connectivity index (χ4v) is 4.77. The molecule has 3 rings (SSSR count). The van der Waals surface area contributed by atoms with Crippen molar-refractivity contribution in [2.45, 2.75) is 50.5 Å². The van der Waals surface area contributed by atoms with Crippen molar-refractivity contribution in [1.29, 1.82) is 0 Å². The number of carbonyl (C=O) groups is 1. The number of hydrogen-bond acceptors (Lipinski definition) is 3. The van der Waals surface area contributed by atoms with Crippen LogP contribution in [0.15, 0.2) is 29.2 Å². The van der Waals surface area contributed by atoms with Crippen LogP contribution in [0, 0.1) is 5.92 Å². The van der Waals surface area contributed by atoms with Crippen LogP contribution >= 0.6 is 0 Å². The molecule has 24 heavy (non-hydrogen) atoms. The monoisotopic (exact) mass is 350 g/mol. The summed E-state index contributed by atoms with van der Waals surface area (Å²) in [6.45, 7) is 6.05. The van der Waals surface area contributed by atoms with Crippen molar-refractivity contribution in [2.24, 2.45) is 5.92 Å².